The van der Waals surface area contributed by atoms with Crippen LogP contribution in [0.4, 0.5) is 4.39 Å². The summed E-state index contributed by atoms with van der Waals surface area (Å²) in [5.41, 5.74) is 0.422. The zero-order valence-electron chi connectivity index (χ0n) is 12.5. The number of ether oxygens (including phenoxy) is 1. The predicted octanol–water partition coefficient (Wildman–Crippen LogP) is 3.95. The number of hydrogen-bond donors (Lipinski definition) is 0. The fourth-order valence-corrected chi connectivity index (χ4v) is 3.13. The molecule has 2 heterocycles. The molecule has 0 saturated carbocycles. The molecule has 0 saturated heterocycles. The molecule has 0 radical (unpaired) electrons. The number of nitrogens with zero attached hydrogens (tertiary/aromatic N) is 2. The maximum atomic E-state index is 14.2. The number of carbonyl (C=O) groups is 1. The zero-order chi connectivity index (χ0) is 16.2. The second-order valence-corrected chi connectivity index (χ2v) is 5.78. The van der Waals surface area contributed by atoms with Crippen molar-refractivity contribution in [2.45, 2.75) is 17.5 Å². The average molecular weight is 330 g/mol. The molecular formula is C17H15FN2O2S. The largest absolute Gasteiger partial charge is 0.463 e. The Bertz CT molecular complexity index is 820. The van der Waals surface area contributed by atoms with Crippen LogP contribution in [0.3, 0.4) is 0 Å². The summed E-state index contributed by atoms with van der Waals surface area (Å²) >= 11 is 0.808. The van der Waals surface area contributed by atoms with Crippen LogP contribution in [-0.4, -0.2) is 27.5 Å². The Hall–Kier alpha value is -2.34. The van der Waals surface area contributed by atoms with E-state index in [1.807, 2.05) is 48.5 Å². The molecule has 1 aromatic carbocycles. The quantitative estimate of drug-likeness (QED) is 0.525. The molecule has 0 aliphatic rings. The number of benzene rings is 1. The summed E-state index contributed by atoms with van der Waals surface area (Å²) in [5.74, 6) is -0.873. The van der Waals surface area contributed by atoms with E-state index >= 15 is 0 Å². The summed E-state index contributed by atoms with van der Waals surface area (Å²) in [4.78, 5) is 16.2. The topological polar surface area (TPSA) is 43.6 Å². The normalized spacial score (nSPS) is 12.3. The van der Waals surface area contributed by atoms with Crippen LogP contribution in [0.2, 0.25) is 0 Å². The van der Waals surface area contributed by atoms with Gasteiger partial charge < -0.3 is 4.74 Å². The van der Waals surface area contributed by atoms with Crippen LogP contribution < -0.4 is 0 Å². The van der Waals surface area contributed by atoms with Crippen LogP contribution in [0.5, 0.6) is 0 Å². The predicted molar refractivity (Wildman–Crippen MR) is 88.0 cm³/mol. The smallest absolute Gasteiger partial charge is 0.351 e. The van der Waals surface area contributed by atoms with Crippen LogP contribution in [-0.2, 0) is 9.53 Å². The number of aromatic nitrogens is 2. The van der Waals surface area contributed by atoms with Gasteiger partial charge in [0.05, 0.1) is 6.61 Å². The van der Waals surface area contributed by atoms with Gasteiger partial charge in [-0.15, -0.1) is 0 Å². The minimum Gasteiger partial charge on any atom is -0.463 e. The van der Waals surface area contributed by atoms with E-state index in [0.29, 0.717) is 16.4 Å². The molecule has 0 N–H and O–H groups in total. The van der Waals surface area contributed by atoms with Crippen LogP contribution in [0.1, 0.15) is 6.92 Å². The van der Waals surface area contributed by atoms with Gasteiger partial charge in [0.15, 0.2) is 0 Å². The first kappa shape index (κ1) is 15.6. The Morgan fingerprint density at radius 3 is 2.74 bits per heavy atom. The number of fused-ring (bicyclic) bond motifs is 1. The van der Waals surface area contributed by atoms with Crippen LogP contribution in [0.15, 0.2) is 59.8 Å². The highest BCUT2D eigenvalue weighted by molar-refractivity contribution is 8.00. The Morgan fingerprint density at radius 1 is 1.26 bits per heavy atom. The van der Waals surface area contributed by atoms with Crippen molar-refractivity contribution < 1.29 is 13.9 Å². The molecule has 0 fully saturated rings. The first-order valence-corrected chi connectivity index (χ1v) is 8.08. The first-order chi connectivity index (χ1) is 11.2. The lowest BCUT2D eigenvalue weighted by Crippen LogP contribution is -2.15. The highest BCUT2D eigenvalue weighted by Gasteiger charge is 2.25. The Balaban J connectivity index is 2.05. The number of alkyl halides is 1. The Kier molecular flexibility index (Phi) is 4.62. The summed E-state index contributed by atoms with van der Waals surface area (Å²) in [7, 11) is 0. The maximum absolute atomic E-state index is 14.2. The molecule has 6 heteroatoms. The minimum atomic E-state index is -1.79. The van der Waals surface area contributed by atoms with Crippen LogP contribution in [0, 0.1) is 0 Å². The lowest BCUT2D eigenvalue weighted by atomic mass is 10.2. The fourth-order valence-electron chi connectivity index (χ4n) is 2.22. The van der Waals surface area contributed by atoms with Crippen molar-refractivity contribution in [1.82, 2.24) is 9.38 Å². The fraction of sp³-hybridized carbons (Fsp3) is 0.176. The average Bonchev–Trinajstić information content (AvgIpc) is 2.94. The molecule has 0 bridgehead atoms. The van der Waals surface area contributed by atoms with Crippen molar-refractivity contribution in [3.8, 4) is 11.3 Å². The second kappa shape index (κ2) is 6.83. The zero-order valence-corrected chi connectivity index (χ0v) is 13.3. The Labute approximate surface area is 137 Å². The van der Waals surface area contributed by atoms with Gasteiger partial charge in [-0.2, -0.15) is 0 Å². The van der Waals surface area contributed by atoms with E-state index in [9.17, 15) is 9.18 Å². The highest BCUT2D eigenvalue weighted by atomic mass is 32.2. The van der Waals surface area contributed by atoms with Crippen molar-refractivity contribution >= 4 is 23.4 Å². The molecule has 23 heavy (non-hydrogen) atoms. The van der Waals surface area contributed by atoms with E-state index in [1.165, 1.54) is 0 Å². The van der Waals surface area contributed by atoms with Crippen molar-refractivity contribution in [3.05, 3.63) is 54.7 Å². The molecule has 3 aromatic rings. The molecule has 0 aliphatic heterocycles. The van der Waals surface area contributed by atoms with Crippen molar-refractivity contribution in [2.75, 3.05) is 6.61 Å². The third-order valence-electron chi connectivity index (χ3n) is 3.22. The number of imidazole rings is 1. The minimum absolute atomic E-state index is 0.151. The summed E-state index contributed by atoms with van der Waals surface area (Å²) < 4.78 is 20.7. The summed E-state index contributed by atoms with van der Waals surface area (Å²) in [5, 5.41) is 0.576. The molecule has 3 rings (SSSR count). The number of hydrogen-bond acceptors (Lipinski definition) is 4. The number of carbonyl (C=O) groups excluding carboxylic acids is 1. The van der Waals surface area contributed by atoms with Gasteiger partial charge in [0.2, 0.25) is 5.50 Å². The summed E-state index contributed by atoms with van der Waals surface area (Å²) in [6.45, 7) is 1.80. The number of halogens is 1. The molecule has 0 aliphatic carbocycles. The monoisotopic (exact) mass is 330 g/mol. The van der Waals surface area contributed by atoms with Crippen molar-refractivity contribution in [1.29, 1.82) is 0 Å². The molecule has 2 aromatic heterocycles. The van der Waals surface area contributed by atoms with E-state index in [1.54, 1.807) is 17.5 Å². The van der Waals surface area contributed by atoms with Gasteiger partial charge in [0, 0.05) is 11.8 Å². The molecule has 0 spiro atoms. The molecule has 118 valence electrons. The lowest BCUT2D eigenvalue weighted by Gasteiger charge is -2.09. The summed E-state index contributed by atoms with van der Waals surface area (Å²) in [6, 6.07) is 15.1. The van der Waals surface area contributed by atoms with Crippen molar-refractivity contribution in [3.63, 3.8) is 0 Å². The molecule has 0 amide bonds. The van der Waals surface area contributed by atoms with Gasteiger partial charge in [-0.3, -0.25) is 4.40 Å². The van der Waals surface area contributed by atoms with Gasteiger partial charge >= 0.3 is 5.97 Å². The Morgan fingerprint density at radius 2 is 2.00 bits per heavy atom. The molecule has 4 nitrogen and oxygen atoms in total. The summed E-state index contributed by atoms with van der Waals surface area (Å²) in [6.07, 6.45) is 1.80. The van der Waals surface area contributed by atoms with E-state index in [-0.39, 0.29) is 6.61 Å². The number of esters is 1. The van der Waals surface area contributed by atoms with Gasteiger partial charge in [0.1, 0.15) is 16.4 Å². The van der Waals surface area contributed by atoms with Gasteiger partial charge in [-0.1, -0.05) is 48.2 Å². The van der Waals surface area contributed by atoms with E-state index in [2.05, 4.69) is 4.98 Å². The SMILES string of the molecule is CCOC(=O)[C@@H](F)Sc1c(-c2ccccc2)nc2ccccn12. The van der Waals surface area contributed by atoms with Crippen LogP contribution >= 0.6 is 11.8 Å². The first-order valence-electron chi connectivity index (χ1n) is 7.20. The highest BCUT2D eigenvalue weighted by Crippen LogP contribution is 2.35. The van der Waals surface area contributed by atoms with E-state index in [4.69, 9.17) is 4.74 Å². The van der Waals surface area contributed by atoms with Gasteiger partial charge in [-0.05, 0) is 19.1 Å². The molecule has 1 atom stereocenters. The van der Waals surface area contributed by atoms with Crippen LogP contribution in [0.25, 0.3) is 16.9 Å². The standard InChI is InChI=1S/C17H15FN2O2S/c1-2-22-17(21)15(18)23-16-14(12-8-4-3-5-9-12)19-13-10-6-7-11-20(13)16/h3-11,15H,2H2,1H3/t15-/m0/s1. The third kappa shape index (κ3) is 3.22. The third-order valence-corrected chi connectivity index (χ3v) is 4.23. The number of rotatable bonds is 5. The molecular weight excluding hydrogens is 315 g/mol. The number of pyridine rings is 1. The number of thioether (sulfide) groups is 1. The van der Waals surface area contributed by atoms with Gasteiger partial charge in [0.25, 0.3) is 0 Å². The lowest BCUT2D eigenvalue weighted by molar-refractivity contribution is -0.145. The van der Waals surface area contributed by atoms with E-state index in [0.717, 1.165) is 17.3 Å². The molecule has 0 unspecified atom stereocenters. The van der Waals surface area contributed by atoms with E-state index < -0.39 is 11.5 Å². The maximum Gasteiger partial charge on any atom is 0.351 e. The van der Waals surface area contributed by atoms with Crippen molar-refractivity contribution in [2.24, 2.45) is 0 Å². The second-order valence-electron chi connectivity index (χ2n) is 4.75. The van der Waals surface area contributed by atoms with Gasteiger partial charge in [-0.25, -0.2) is 14.2 Å².